The highest BCUT2D eigenvalue weighted by atomic mass is 35.5. The van der Waals surface area contributed by atoms with E-state index in [4.69, 9.17) is 22.1 Å². The molecule has 0 unspecified atom stereocenters. The lowest BCUT2D eigenvalue weighted by Gasteiger charge is -2.12. The van der Waals surface area contributed by atoms with Crippen LogP contribution in [-0.2, 0) is 9.59 Å². The minimum Gasteiger partial charge on any atom is -0.492 e. The monoisotopic (exact) mass is 285 g/mol. The van der Waals surface area contributed by atoms with Crippen LogP contribution in [0.15, 0.2) is 18.2 Å². The second kappa shape index (κ2) is 7.60. The van der Waals surface area contributed by atoms with Crippen LogP contribution in [0.3, 0.4) is 0 Å². The van der Waals surface area contributed by atoms with Crippen molar-refractivity contribution in [1.82, 2.24) is 5.32 Å². The Hall–Kier alpha value is -1.79. The van der Waals surface area contributed by atoms with Gasteiger partial charge in [0.05, 0.1) is 25.4 Å². The summed E-state index contributed by atoms with van der Waals surface area (Å²) in [6, 6.07) is 4.91. The molecule has 0 aliphatic heterocycles. The van der Waals surface area contributed by atoms with Crippen LogP contribution in [-0.4, -0.2) is 31.5 Å². The van der Waals surface area contributed by atoms with Crippen LogP contribution in [0.5, 0.6) is 5.75 Å². The summed E-state index contributed by atoms with van der Waals surface area (Å²) in [5, 5.41) is 5.46. The summed E-state index contributed by atoms with van der Waals surface area (Å²) in [4.78, 5) is 22.6. The van der Waals surface area contributed by atoms with Crippen molar-refractivity contribution in [3.05, 3.63) is 23.2 Å². The van der Waals surface area contributed by atoms with E-state index in [0.29, 0.717) is 23.1 Å². The van der Waals surface area contributed by atoms with Crippen molar-refractivity contribution in [2.45, 2.75) is 6.92 Å². The molecule has 0 bridgehead atoms. The zero-order valence-electron chi connectivity index (χ0n) is 10.5. The second-order valence-electron chi connectivity index (χ2n) is 3.60. The number of carbonyl (C=O) groups is 2. The van der Waals surface area contributed by atoms with Crippen LogP contribution in [0.1, 0.15) is 6.92 Å². The predicted molar refractivity (Wildman–Crippen MR) is 73.3 cm³/mol. The highest BCUT2D eigenvalue weighted by molar-refractivity contribution is 6.31. The topological polar surface area (TPSA) is 93.5 Å². The molecule has 1 aromatic rings. The van der Waals surface area contributed by atoms with E-state index < -0.39 is 5.91 Å². The summed E-state index contributed by atoms with van der Waals surface area (Å²) in [5.41, 5.74) is 5.57. The molecule has 0 aromatic heterocycles. The van der Waals surface area contributed by atoms with Gasteiger partial charge in [-0.15, -0.1) is 0 Å². The number of halogens is 1. The fraction of sp³-hybridized carbons (Fsp3) is 0.333. The predicted octanol–water partition coefficient (Wildman–Crippen LogP) is 0.752. The molecule has 0 heterocycles. The smallest absolute Gasteiger partial charge is 0.243 e. The fourth-order valence-corrected chi connectivity index (χ4v) is 1.50. The average Bonchev–Trinajstić information content (AvgIpc) is 2.39. The van der Waals surface area contributed by atoms with Gasteiger partial charge in [0.25, 0.3) is 0 Å². The van der Waals surface area contributed by atoms with Crippen molar-refractivity contribution in [2.24, 2.45) is 5.73 Å². The maximum absolute atomic E-state index is 11.6. The lowest BCUT2D eigenvalue weighted by atomic mass is 10.3. The molecule has 1 aromatic carbocycles. The quantitative estimate of drug-likeness (QED) is 0.719. The number of amides is 2. The number of benzene rings is 1. The Kier molecular flexibility index (Phi) is 6.11. The third-order valence-electron chi connectivity index (χ3n) is 2.15. The standard InChI is InChI=1S/C12H16ClN3O3/c1-2-19-10-4-3-8(13)5-9(10)16-12(18)7-15-11(17)6-14/h3-5H,2,6-7,14H2,1H3,(H,15,17)(H,16,18). The third-order valence-corrected chi connectivity index (χ3v) is 2.38. The summed E-state index contributed by atoms with van der Waals surface area (Å²) in [6.45, 7) is 1.98. The number of hydrogen-bond donors (Lipinski definition) is 3. The van der Waals surface area contributed by atoms with Gasteiger partial charge in [0.2, 0.25) is 11.8 Å². The number of nitrogens with two attached hydrogens (primary N) is 1. The fourth-order valence-electron chi connectivity index (χ4n) is 1.33. The molecule has 0 fully saturated rings. The summed E-state index contributed by atoms with van der Waals surface area (Å²) < 4.78 is 5.36. The summed E-state index contributed by atoms with van der Waals surface area (Å²) in [7, 11) is 0. The first-order chi connectivity index (χ1) is 9.06. The van der Waals surface area contributed by atoms with E-state index in [0.717, 1.165) is 0 Å². The second-order valence-corrected chi connectivity index (χ2v) is 4.04. The van der Waals surface area contributed by atoms with Crippen molar-refractivity contribution in [3.63, 3.8) is 0 Å². The van der Waals surface area contributed by atoms with Crippen LogP contribution in [0.25, 0.3) is 0 Å². The van der Waals surface area contributed by atoms with E-state index in [9.17, 15) is 9.59 Å². The molecule has 0 saturated heterocycles. The number of nitrogens with one attached hydrogen (secondary N) is 2. The Balaban J connectivity index is 2.67. The van der Waals surface area contributed by atoms with Gasteiger partial charge < -0.3 is 21.1 Å². The Morgan fingerprint density at radius 3 is 2.74 bits per heavy atom. The van der Waals surface area contributed by atoms with Gasteiger partial charge >= 0.3 is 0 Å². The molecule has 0 saturated carbocycles. The SMILES string of the molecule is CCOc1ccc(Cl)cc1NC(=O)CNC(=O)CN. The Labute approximate surface area is 116 Å². The van der Waals surface area contributed by atoms with E-state index >= 15 is 0 Å². The molecule has 1 rings (SSSR count). The minimum absolute atomic E-state index is 0.158. The first-order valence-electron chi connectivity index (χ1n) is 5.75. The summed E-state index contributed by atoms with van der Waals surface area (Å²) in [6.07, 6.45) is 0. The Morgan fingerprint density at radius 2 is 2.11 bits per heavy atom. The van der Waals surface area contributed by atoms with Crippen molar-refractivity contribution < 1.29 is 14.3 Å². The molecule has 0 aliphatic rings. The summed E-state index contributed by atoms with van der Waals surface area (Å²) >= 11 is 5.86. The maximum atomic E-state index is 11.6. The van der Waals surface area contributed by atoms with Crippen LogP contribution in [0, 0.1) is 0 Å². The van der Waals surface area contributed by atoms with Gasteiger partial charge in [0.15, 0.2) is 0 Å². The molecule has 19 heavy (non-hydrogen) atoms. The van der Waals surface area contributed by atoms with E-state index in [1.54, 1.807) is 18.2 Å². The van der Waals surface area contributed by atoms with Crippen molar-refractivity contribution in [1.29, 1.82) is 0 Å². The lowest BCUT2D eigenvalue weighted by molar-refractivity contribution is -0.123. The largest absolute Gasteiger partial charge is 0.492 e. The van der Waals surface area contributed by atoms with Gasteiger partial charge in [0.1, 0.15) is 5.75 Å². The highest BCUT2D eigenvalue weighted by Gasteiger charge is 2.09. The van der Waals surface area contributed by atoms with Crippen LogP contribution < -0.4 is 21.1 Å². The summed E-state index contributed by atoms with van der Waals surface area (Å²) in [5.74, 6) is -0.262. The zero-order valence-corrected chi connectivity index (χ0v) is 11.3. The van der Waals surface area contributed by atoms with Gasteiger partial charge in [-0.2, -0.15) is 0 Å². The van der Waals surface area contributed by atoms with E-state index in [1.165, 1.54) is 0 Å². The molecule has 7 heteroatoms. The molecule has 0 aliphatic carbocycles. The maximum Gasteiger partial charge on any atom is 0.243 e. The molecule has 2 amide bonds. The van der Waals surface area contributed by atoms with E-state index in [1.807, 2.05) is 6.92 Å². The van der Waals surface area contributed by atoms with Crippen LogP contribution >= 0.6 is 11.6 Å². The Bertz CT molecular complexity index is 466. The lowest BCUT2D eigenvalue weighted by Crippen LogP contribution is -2.36. The van der Waals surface area contributed by atoms with Gasteiger partial charge in [-0.3, -0.25) is 9.59 Å². The molecular weight excluding hydrogens is 270 g/mol. The average molecular weight is 286 g/mol. The van der Waals surface area contributed by atoms with Crippen molar-refractivity contribution >= 4 is 29.1 Å². The molecule has 6 nitrogen and oxygen atoms in total. The molecule has 4 N–H and O–H groups in total. The van der Waals surface area contributed by atoms with E-state index in [-0.39, 0.29) is 19.0 Å². The zero-order chi connectivity index (χ0) is 14.3. The van der Waals surface area contributed by atoms with Gasteiger partial charge in [0, 0.05) is 5.02 Å². The minimum atomic E-state index is -0.397. The molecule has 0 spiro atoms. The van der Waals surface area contributed by atoms with E-state index in [2.05, 4.69) is 10.6 Å². The number of hydrogen-bond acceptors (Lipinski definition) is 4. The number of anilines is 1. The molecular formula is C12H16ClN3O3. The number of rotatable bonds is 6. The van der Waals surface area contributed by atoms with Gasteiger partial charge in [-0.05, 0) is 25.1 Å². The first-order valence-corrected chi connectivity index (χ1v) is 6.13. The van der Waals surface area contributed by atoms with Crippen LogP contribution in [0.4, 0.5) is 5.69 Å². The van der Waals surface area contributed by atoms with Gasteiger partial charge in [-0.25, -0.2) is 0 Å². The number of ether oxygens (including phenoxy) is 1. The third kappa shape index (κ3) is 5.15. The van der Waals surface area contributed by atoms with Crippen LogP contribution in [0.2, 0.25) is 5.02 Å². The normalized spacial score (nSPS) is 9.84. The molecule has 0 atom stereocenters. The molecule has 0 radical (unpaired) electrons. The first kappa shape index (κ1) is 15.3. The molecule has 104 valence electrons. The highest BCUT2D eigenvalue weighted by Crippen LogP contribution is 2.27. The number of carbonyl (C=O) groups excluding carboxylic acids is 2. The van der Waals surface area contributed by atoms with Crippen molar-refractivity contribution in [2.75, 3.05) is 25.0 Å². The van der Waals surface area contributed by atoms with Crippen molar-refractivity contribution in [3.8, 4) is 5.75 Å². The van der Waals surface area contributed by atoms with Gasteiger partial charge in [-0.1, -0.05) is 11.6 Å². The Morgan fingerprint density at radius 1 is 1.37 bits per heavy atom.